The third-order valence-electron chi connectivity index (χ3n) is 4.80. The Balaban J connectivity index is 1.60. The van der Waals surface area contributed by atoms with E-state index in [-0.39, 0.29) is 5.91 Å². The summed E-state index contributed by atoms with van der Waals surface area (Å²) >= 11 is 0. The molecular formula is C19H26N4O2. The molecule has 134 valence electrons. The van der Waals surface area contributed by atoms with E-state index in [0.717, 1.165) is 37.3 Å². The molecule has 6 nitrogen and oxygen atoms in total. The van der Waals surface area contributed by atoms with Crippen molar-refractivity contribution in [3.63, 3.8) is 0 Å². The van der Waals surface area contributed by atoms with Crippen molar-refractivity contribution in [3.8, 4) is 0 Å². The molecule has 0 unspecified atom stereocenters. The average molecular weight is 342 g/mol. The largest absolute Gasteiger partial charge is 0.340 e. The number of carbonyl (C=O) groups excluding carboxylic acids is 1. The Morgan fingerprint density at radius 2 is 1.96 bits per heavy atom. The minimum Gasteiger partial charge on any atom is -0.340 e. The van der Waals surface area contributed by atoms with Crippen molar-refractivity contribution in [3.05, 3.63) is 47.6 Å². The molecule has 2 heterocycles. The molecule has 1 aliphatic heterocycles. The molecule has 0 aliphatic carbocycles. The topological polar surface area (TPSA) is 62.5 Å². The minimum atomic E-state index is 0.129. The van der Waals surface area contributed by atoms with E-state index >= 15 is 0 Å². The second-order valence-corrected chi connectivity index (χ2v) is 6.89. The van der Waals surface area contributed by atoms with E-state index in [1.165, 1.54) is 0 Å². The van der Waals surface area contributed by atoms with Crippen molar-refractivity contribution in [2.45, 2.75) is 52.2 Å². The van der Waals surface area contributed by atoms with Gasteiger partial charge in [-0.3, -0.25) is 9.69 Å². The quantitative estimate of drug-likeness (QED) is 0.836. The van der Waals surface area contributed by atoms with Crippen LogP contribution in [-0.4, -0.2) is 51.0 Å². The normalized spacial score (nSPS) is 16.0. The number of hydrogen-bond acceptors (Lipinski definition) is 5. The molecule has 0 atom stereocenters. The van der Waals surface area contributed by atoms with Crippen LogP contribution in [0.25, 0.3) is 0 Å². The van der Waals surface area contributed by atoms with Crippen LogP contribution in [0.1, 0.15) is 48.8 Å². The molecule has 0 bridgehead atoms. The first kappa shape index (κ1) is 17.6. The van der Waals surface area contributed by atoms with Gasteiger partial charge in [-0.25, -0.2) is 0 Å². The third kappa shape index (κ3) is 4.25. The Morgan fingerprint density at radius 1 is 1.28 bits per heavy atom. The van der Waals surface area contributed by atoms with Gasteiger partial charge in [-0.2, -0.15) is 4.98 Å². The number of aryl methyl sites for hydroxylation is 1. The number of likely N-dealkylation sites (tertiary alicyclic amines) is 1. The zero-order valence-corrected chi connectivity index (χ0v) is 15.2. The summed E-state index contributed by atoms with van der Waals surface area (Å²) in [7, 11) is 0. The zero-order valence-electron chi connectivity index (χ0n) is 15.2. The summed E-state index contributed by atoms with van der Waals surface area (Å²) in [5, 5.41) is 4.02. The molecule has 1 amide bonds. The first-order valence-corrected chi connectivity index (χ1v) is 8.94. The van der Waals surface area contributed by atoms with Crippen LogP contribution in [0.15, 0.2) is 34.9 Å². The highest BCUT2D eigenvalue weighted by Gasteiger charge is 2.29. The minimum absolute atomic E-state index is 0.129. The molecule has 0 N–H and O–H groups in total. The molecule has 0 saturated carbocycles. The van der Waals surface area contributed by atoms with Crippen molar-refractivity contribution in [2.75, 3.05) is 13.1 Å². The van der Waals surface area contributed by atoms with Gasteiger partial charge in [0.25, 0.3) is 5.91 Å². The molecule has 0 radical (unpaired) electrons. The van der Waals surface area contributed by atoms with Gasteiger partial charge < -0.3 is 9.42 Å². The van der Waals surface area contributed by atoms with E-state index in [4.69, 9.17) is 4.52 Å². The van der Waals surface area contributed by atoms with Crippen LogP contribution in [0.4, 0.5) is 0 Å². The summed E-state index contributed by atoms with van der Waals surface area (Å²) in [5.74, 6) is 1.46. The molecule has 3 rings (SSSR count). The van der Waals surface area contributed by atoms with Crippen LogP contribution in [0.5, 0.6) is 0 Å². The number of piperidine rings is 1. The number of benzene rings is 1. The summed E-state index contributed by atoms with van der Waals surface area (Å²) in [4.78, 5) is 21.3. The third-order valence-corrected chi connectivity index (χ3v) is 4.80. The van der Waals surface area contributed by atoms with Crippen molar-refractivity contribution in [1.82, 2.24) is 19.9 Å². The van der Waals surface area contributed by atoms with E-state index in [1.54, 1.807) is 0 Å². The van der Waals surface area contributed by atoms with Gasteiger partial charge in [-0.1, -0.05) is 23.4 Å². The maximum Gasteiger partial charge on any atom is 0.253 e. The Bertz CT molecular complexity index is 690. The number of amides is 1. The summed E-state index contributed by atoms with van der Waals surface area (Å²) < 4.78 is 5.09. The van der Waals surface area contributed by atoms with Crippen molar-refractivity contribution in [2.24, 2.45) is 0 Å². The van der Waals surface area contributed by atoms with Gasteiger partial charge >= 0.3 is 0 Å². The molecule has 0 spiro atoms. The highest BCUT2D eigenvalue weighted by Crippen LogP contribution is 2.22. The molecular weight excluding hydrogens is 316 g/mol. The van der Waals surface area contributed by atoms with Gasteiger partial charge in [0.2, 0.25) is 5.89 Å². The monoisotopic (exact) mass is 342 g/mol. The molecule has 25 heavy (non-hydrogen) atoms. The van der Waals surface area contributed by atoms with Gasteiger partial charge in [0.05, 0.1) is 6.54 Å². The first-order valence-electron chi connectivity index (χ1n) is 8.94. The molecule has 1 aliphatic rings. The zero-order chi connectivity index (χ0) is 17.8. The number of rotatable bonds is 5. The Labute approximate surface area is 148 Å². The molecule has 1 fully saturated rings. The van der Waals surface area contributed by atoms with E-state index in [2.05, 4.69) is 28.9 Å². The van der Waals surface area contributed by atoms with Gasteiger partial charge in [0.15, 0.2) is 5.82 Å². The Hall–Kier alpha value is -2.21. The summed E-state index contributed by atoms with van der Waals surface area (Å²) in [5.41, 5.74) is 0.768. The Morgan fingerprint density at radius 3 is 2.52 bits per heavy atom. The summed E-state index contributed by atoms with van der Waals surface area (Å²) in [6, 6.07) is 10.3. The number of hydrogen-bond donors (Lipinski definition) is 0. The highest BCUT2D eigenvalue weighted by atomic mass is 16.5. The van der Waals surface area contributed by atoms with E-state index in [9.17, 15) is 4.79 Å². The van der Waals surface area contributed by atoms with Crippen molar-refractivity contribution >= 4 is 5.91 Å². The Kier molecular flexibility index (Phi) is 5.48. The average Bonchev–Trinajstić information content (AvgIpc) is 3.05. The number of nitrogens with zero attached hydrogens (tertiary/aromatic N) is 4. The maximum absolute atomic E-state index is 12.6. The fourth-order valence-corrected chi connectivity index (χ4v) is 3.47. The lowest BCUT2D eigenvalue weighted by atomic mass is 10.0. The predicted octanol–water partition coefficient (Wildman–Crippen LogP) is 2.89. The van der Waals surface area contributed by atoms with Gasteiger partial charge in [-0.15, -0.1) is 0 Å². The first-order chi connectivity index (χ1) is 12.0. The van der Waals surface area contributed by atoms with Gasteiger partial charge in [0.1, 0.15) is 0 Å². The van der Waals surface area contributed by atoms with E-state index in [0.29, 0.717) is 24.5 Å². The van der Waals surface area contributed by atoms with E-state index in [1.807, 2.05) is 42.2 Å². The van der Waals surface area contributed by atoms with Gasteiger partial charge in [0, 0.05) is 37.7 Å². The molecule has 1 aromatic carbocycles. The van der Waals surface area contributed by atoms with Crippen LogP contribution in [0, 0.1) is 6.92 Å². The van der Waals surface area contributed by atoms with Crippen LogP contribution < -0.4 is 0 Å². The standard InChI is InChI=1S/C19H26N4O2/c1-14(2)23(13-18-20-15(3)25-21-18)17-9-11-22(12-10-17)19(24)16-7-5-4-6-8-16/h4-8,14,17H,9-13H2,1-3H3. The van der Waals surface area contributed by atoms with E-state index < -0.39 is 0 Å². The number of carbonyl (C=O) groups is 1. The second-order valence-electron chi connectivity index (χ2n) is 6.89. The summed E-state index contributed by atoms with van der Waals surface area (Å²) in [6.45, 7) is 8.44. The molecule has 1 saturated heterocycles. The lowest BCUT2D eigenvalue weighted by Crippen LogP contribution is -2.48. The van der Waals surface area contributed by atoms with Crippen LogP contribution in [0.2, 0.25) is 0 Å². The fourth-order valence-electron chi connectivity index (χ4n) is 3.47. The van der Waals surface area contributed by atoms with Crippen LogP contribution >= 0.6 is 0 Å². The smallest absolute Gasteiger partial charge is 0.253 e. The van der Waals surface area contributed by atoms with Crippen LogP contribution in [-0.2, 0) is 6.54 Å². The molecule has 2 aromatic rings. The summed E-state index contributed by atoms with van der Waals surface area (Å²) in [6.07, 6.45) is 1.93. The van der Waals surface area contributed by atoms with Crippen molar-refractivity contribution < 1.29 is 9.32 Å². The second kappa shape index (κ2) is 7.78. The van der Waals surface area contributed by atoms with Crippen molar-refractivity contribution in [1.29, 1.82) is 0 Å². The molecule has 6 heteroatoms. The lowest BCUT2D eigenvalue weighted by molar-refractivity contribution is 0.0538. The predicted molar refractivity (Wildman–Crippen MR) is 95.1 cm³/mol. The maximum atomic E-state index is 12.6. The highest BCUT2D eigenvalue weighted by molar-refractivity contribution is 5.94. The lowest BCUT2D eigenvalue weighted by Gasteiger charge is -2.40. The van der Waals surface area contributed by atoms with Gasteiger partial charge in [-0.05, 0) is 38.8 Å². The van der Waals surface area contributed by atoms with Crippen LogP contribution in [0.3, 0.4) is 0 Å². The fraction of sp³-hybridized carbons (Fsp3) is 0.526. The molecule has 1 aromatic heterocycles. The SMILES string of the molecule is Cc1nc(CN(C(C)C)C2CCN(C(=O)c3ccccc3)CC2)no1. The number of aromatic nitrogens is 2.